The van der Waals surface area contributed by atoms with E-state index in [2.05, 4.69) is 23.0 Å². The monoisotopic (exact) mass is 257 g/mol. The van der Waals surface area contributed by atoms with E-state index in [0.717, 1.165) is 25.9 Å². The van der Waals surface area contributed by atoms with Gasteiger partial charge in [-0.1, -0.05) is 11.6 Å². The van der Waals surface area contributed by atoms with Gasteiger partial charge in [-0.2, -0.15) is 5.26 Å². The molecule has 2 rings (SSSR count). The number of likely N-dealkylation sites (N-methyl/N-ethyl adjacent to an activating group) is 1. The molecule has 4 heteroatoms. The van der Waals surface area contributed by atoms with E-state index < -0.39 is 0 Å². The number of hydrogen-bond donors (Lipinski definition) is 0. The zero-order valence-corrected chi connectivity index (χ0v) is 11.3. The summed E-state index contributed by atoms with van der Waals surface area (Å²) in [5.74, 6) is 0.594. The van der Waals surface area contributed by atoms with Crippen LogP contribution in [0.5, 0.6) is 5.88 Å². The van der Waals surface area contributed by atoms with Crippen LogP contribution < -0.4 is 4.74 Å². The van der Waals surface area contributed by atoms with Gasteiger partial charge in [0, 0.05) is 25.4 Å². The van der Waals surface area contributed by atoms with E-state index in [1.54, 1.807) is 12.1 Å². The molecule has 0 aromatic carbocycles. The molecule has 19 heavy (non-hydrogen) atoms. The maximum Gasteiger partial charge on any atom is 0.213 e. The second kappa shape index (κ2) is 6.91. The topological polar surface area (TPSA) is 49.1 Å². The zero-order valence-electron chi connectivity index (χ0n) is 11.3. The fourth-order valence-corrected chi connectivity index (χ4v) is 2.05. The number of pyridine rings is 1. The lowest BCUT2D eigenvalue weighted by Gasteiger charge is -2.21. The first kappa shape index (κ1) is 13.6. The molecule has 0 bridgehead atoms. The molecule has 1 aromatic heterocycles. The molecule has 0 N–H and O–H groups in total. The third-order valence-corrected chi connectivity index (χ3v) is 3.26. The van der Waals surface area contributed by atoms with Gasteiger partial charge in [0.25, 0.3) is 0 Å². The van der Waals surface area contributed by atoms with Gasteiger partial charge in [0.1, 0.15) is 6.07 Å². The van der Waals surface area contributed by atoms with Crippen LogP contribution in [-0.4, -0.2) is 36.6 Å². The van der Waals surface area contributed by atoms with Crippen LogP contribution in [0.1, 0.15) is 24.8 Å². The van der Waals surface area contributed by atoms with E-state index in [4.69, 9.17) is 10.00 Å². The van der Waals surface area contributed by atoms with Gasteiger partial charge in [-0.15, -0.1) is 0 Å². The second-order valence-electron chi connectivity index (χ2n) is 4.82. The number of ether oxygens (including phenoxy) is 1. The van der Waals surface area contributed by atoms with Gasteiger partial charge in [0.2, 0.25) is 5.88 Å². The number of hydrogen-bond acceptors (Lipinski definition) is 4. The maximum atomic E-state index is 8.67. The molecule has 0 amide bonds. The van der Waals surface area contributed by atoms with E-state index in [1.165, 1.54) is 18.2 Å². The lowest BCUT2D eigenvalue weighted by molar-refractivity contribution is 0.296. The Kier molecular flexibility index (Phi) is 4.93. The predicted octanol–water partition coefficient (Wildman–Crippen LogP) is 2.37. The number of rotatable bonds is 5. The highest BCUT2D eigenvalue weighted by molar-refractivity contribution is 5.28. The minimum absolute atomic E-state index is 0.559. The molecular formula is C15H19N3O. The van der Waals surface area contributed by atoms with Crippen LogP contribution in [0.25, 0.3) is 0 Å². The molecule has 0 aliphatic carbocycles. The molecule has 0 saturated heterocycles. The van der Waals surface area contributed by atoms with Crippen molar-refractivity contribution < 1.29 is 4.74 Å². The minimum atomic E-state index is 0.559. The summed E-state index contributed by atoms with van der Waals surface area (Å²) >= 11 is 0. The molecular weight excluding hydrogens is 238 g/mol. The zero-order chi connectivity index (χ0) is 13.5. The van der Waals surface area contributed by atoms with Gasteiger partial charge in [-0.3, -0.25) is 0 Å². The quantitative estimate of drug-likeness (QED) is 0.600. The van der Waals surface area contributed by atoms with Crippen molar-refractivity contribution in [3.05, 3.63) is 35.5 Å². The van der Waals surface area contributed by atoms with Crippen molar-refractivity contribution in [1.29, 1.82) is 5.26 Å². The molecule has 4 nitrogen and oxygen atoms in total. The van der Waals surface area contributed by atoms with Crippen molar-refractivity contribution in [1.82, 2.24) is 9.88 Å². The molecule has 100 valence electrons. The molecule has 0 fully saturated rings. The van der Waals surface area contributed by atoms with Crippen LogP contribution in [0.2, 0.25) is 0 Å². The fraction of sp³-hybridized carbons (Fsp3) is 0.467. The Hall–Kier alpha value is -1.86. The molecule has 1 aliphatic rings. The molecule has 2 heterocycles. The minimum Gasteiger partial charge on any atom is -0.478 e. The standard InChI is InChI=1S/C15H19N3O/c1-18-8-6-13(7-9-18)3-2-10-19-15-5-4-14(11-16)12-17-15/h4-6,12H,2-3,7-10H2,1H3. The van der Waals surface area contributed by atoms with Crippen LogP contribution in [0.4, 0.5) is 0 Å². The van der Waals surface area contributed by atoms with E-state index in [1.807, 2.05) is 6.07 Å². The van der Waals surface area contributed by atoms with Gasteiger partial charge in [0.05, 0.1) is 12.2 Å². The van der Waals surface area contributed by atoms with E-state index >= 15 is 0 Å². The Balaban J connectivity index is 1.68. The summed E-state index contributed by atoms with van der Waals surface area (Å²) in [7, 11) is 2.15. The third-order valence-electron chi connectivity index (χ3n) is 3.26. The smallest absolute Gasteiger partial charge is 0.213 e. The number of nitrogens with zero attached hydrogens (tertiary/aromatic N) is 3. The summed E-state index contributed by atoms with van der Waals surface area (Å²) in [6, 6.07) is 5.51. The Morgan fingerprint density at radius 3 is 3.00 bits per heavy atom. The lowest BCUT2D eigenvalue weighted by Crippen LogP contribution is -2.24. The molecule has 0 radical (unpaired) electrons. The third kappa shape index (κ3) is 4.38. The highest BCUT2D eigenvalue weighted by Crippen LogP contribution is 2.15. The highest BCUT2D eigenvalue weighted by atomic mass is 16.5. The Morgan fingerprint density at radius 2 is 2.37 bits per heavy atom. The van der Waals surface area contributed by atoms with Gasteiger partial charge in [0.15, 0.2) is 0 Å². The van der Waals surface area contributed by atoms with Gasteiger partial charge < -0.3 is 9.64 Å². The maximum absolute atomic E-state index is 8.67. The van der Waals surface area contributed by atoms with Crippen LogP contribution >= 0.6 is 0 Å². The van der Waals surface area contributed by atoms with Crippen molar-refractivity contribution in [3.8, 4) is 11.9 Å². The SMILES string of the molecule is CN1CC=C(CCCOc2ccc(C#N)cn2)CC1. The fourth-order valence-electron chi connectivity index (χ4n) is 2.05. The van der Waals surface area contributed by atoms with Crippen LogP contribution in [0.3, 0.4) is 0 Å². The van der Waals surface area contributed by atoms with E-state index in [0.29, 0.717) is 18.1 Å². The first-order valence-corrected chi connectivity index (χ1v) is 6.63. The largest absolute Gasteiger partial charge is 0.478 e. The molecule has 0 atom stereocenters. The predicted molar refractivity (Wildman–Crippen MR) is 73.9 cm³/mol. The Labute approximate surface area is 114 Å². The summed E-state index contributed by atoms with van der Waals surface area (Å²) in [5, 5.41) is 8.67. The average Bonchev–Trinajstić information content (AvgIpc) is 2.46. The van der Waals surface area contributed by atoms with Crippen molar-refractivity contribution in [3.63, 3.8) is 0 Å². The average molecular weight is 257 g/mol. The van der Waals surface area contributed by atoms with Gasteiger partial charge >= 0.3 is 0 Å². The number of aromatic nitrogens is 1. The summed E-state index contributed by atoms with van der Waals surface area (Å²) < 4.78 is 5.56. The summed E-state index contributed by atoms with van der Waals surface area (Å²) in [4.78, 5) is 6.40. The molecule has 1 aromatic rings. The summed E-state index contributed by atoms with van der Waals surface area (Å²) in [6.07, 6.45) is 7.14. The lowest BCUT2D eigenvalue weighted by atomic mass is 10.0. The molecule has 0 saturated carbocycles. The normalized spacial score (nSPS) is 15.7. The van der Waals surface area contributed by atoms with Gasteiger partial charge in [-0.05, 0) is 32.4 Å². The Morgan fingerprint density at radius 1 is 1.47 bits per heavy atom. The Bertz CT molecular complexity index is 473. The first-order valence-electron chi connectivity index (χ1n) is 6.63. The molecule has 1 aliphatic heterocycles. The van der Waals surface area contributed by atoms with E-state index in [9.17, 15) is 0 Å². The first-order chi connectivity index (χ1) is 9.28. The van der Waals surface area contributed by atoms with Crippen molar-refractivity contribution in [2.24, 2.45) is 0 Å². The van der Waals surface area contributed by atoms with Crippen LogP contribution in [0, 0.1) is 11.3 Å². The van der Waals surface area contributed by atoms with Crippen LogP contribution in [-0.2, 0) is 0 Å². The molecule has 0 spiro atoms. The molecule has 0 unspecified atom stereocenters. The van der Waals surface area contributed by atoms with Crippen LogP contribution in [0.15, 0.2) is 30.0 Å². The summed E-state index contributed by atoms with van der Waals surface area (Å²) in [6.45, 7) is 2.89. The van der Waals surface area contributed by atoms with E-state index in [-0.39, 0.29) is 0 Å². The van der Waals surface area contributed by atoms with Gasteiger partial charge in [-0.25, -0.2) is 4.98 Å². The second-order valence-corrected chi connectivity index (χ2v) is 4.82. The van der Waals surface area contributed by atoms with Crippen molar-refractivity contribution >= 4 is 0 Å². The highest BCUT2D eigenvalue weighted by Gasteiger charge is 2.07. The summed E-state index contributed by atoms with van der Waals surface area (Å²) in [5.41, 5.74) is 2.10. The van der Waals surface area contributed by atoms with Crippen molar-refractivity contribution in [2.45, 2.75) is 19.3 Å². The number of nitriles is 1. The van der Waals surface area contributed by atoms with Crippen molar-refractivity contribution in [2.75, 3.05) is 26.7 Å².